The molecule has 0 unspecified atom stereocenters. The molecule has 0 heterocycles. The van der Waals surface area contributed by atoms with E-state index < -0.39 is 19.8 Å². The Bertz CT molecular complexity index is 329. The zero-order chi connectivity index (χ0) is 12.1. The second kappa shape index (κ2) is 3.69. The first kappa shape index (κ1) is 12.3. The highest BCUT2D eigenvalue weighted by Crippen LogP contribution is 2.52. The highest BCUT2D eigenvalue weighted by Gasteiger charge is 2.55. The predicted octanol–water partition coefficient (Wildman–Crippen LogP) is 2.48. The predicted molar refractivity (Wildman–Crippen MR) is 69.0 cm³/mol. The fourth-order valence-electron chi connectivity index (χ4n) is 3.81. The Morgan fingerprint density at radius 1 is 1.38 bits per heavy atom. The van der Waals surface area contributed by atoms with Crippen molar-refractivity contribution < 1.29 is 10.2 Å². The maximum atomic E-state index is 10.8. The van der Waals surface area contributed by atoms with Crippen LogP contribution in [0, 0.1) is 5.92 Å². The van der Waals surface area contributed by atoms with Gasteiger partial charge in [0, 0.05) is 5.92 Å². The average molecular weight is 240 g/mol. The van der Waals surface area contributed by atoms with E-state index in [0.29, 0.717) is 6.42 Å². The van der Waals surface area contributed by atoms with E-state index in [9.17, 15) is 10.2 Å². The molecule has 0 aliphatic heterocycles. The van der Waals surface area contributed by atoms with Gasteiger partial charge in [0.2, 0.25) is 0 Å². The molecule has 2 aliphatic rings. The van der Waals surface area contributed by atoms with E-state index >= 15 is 0 Å². The minimum absolute atomic E-state index is 0.256. The summed E-state index contributed by atoms with van der Waals surface area (Å²) >= 11 is 0. The number of rotatable bonds is 2. The van der Waals surface area contributed by atoms with E-state index in [-0.39, 0.29) is 5.92 Å². The molecule has 0 radical (unpaired) electrons. The summed E-state index contributed by atoms with van der Waals surface area (Å²) in [4.78, 5) is 0. The fraction of sp³-hybridized carbons (Fsp3) is 0.846. The van der Waals surface area contributed by atoms with Gasteiger partial charge in [-0.3, -0.25) is 0 Å². The van der Waals surface area contributed by atoms with Crippen LogP contribution in [0.3, 0.4) is 0 Å². The standard InChI is InChI=1S/C13H24O2Si/c1-5-13(15)11(14)9-7-6-8-10(9)12(13)16(2,3)4/h9,11,14-15H,5-8H2,1-4H3/t9-,11-,13-/m0/s1. The molecule has 0 aromatic rings. The van der Waals surface area contributed by atoms with Crippen molar-refractivity contribution in [3.63, 3.8) is 0 Å². The van der Waals surface area contributed by atoms with Crippen LogP contribution in [-0.2, 0) is 0 Å². The van der Waals surface area contributed by atoms with Crippen LogP contribution in [0.2, 0.25) is 19.6 Å². The van der Waals surface area contributed by atoms with E-state index in [4.69, 9.17) is 0 Å². The number of aliphatic hydroxyl groups is 2. The van der Waals surface area contributed by atoms with Gasteiger partial charge in [-0.1, -0.05) is 32.1 Å². The zero-order valence-corrected chi connectivity index (χ0v) is 11.9. The summed E-state index contributed by atoms with van der Waals surface area (Å²) in [5, 5.41) is 22.4. The van der Waals surface area contributed by atoms with E-state index in [2.05, 4.69) is 19.6 Å². The number of fused-ring (bicyclic) bond motifs is 1. The molecule has 1 saturated carbocycles. The second-order valence-corrected chi connectivity index (χ2v) is 11.4. The summed E-state index contributed by atoms with van der Waals surface area (Å²) in [6.07, 6.45) is 3.45. The van der Waals surface area contributed by atoms with Crippen molar-refractivity contribution in [2.75, 3.05) is 0 Å². The lowest BCUT2D eigenvalue weighted by Crippen LogP contribution is -2.48. The Morgan fingerprint density at radius 3 is 2.50 bits per heavy atom. The van der Waals surface area contributed by atoms with Crippen LogP contribution in [0.1, 0.15) is 32.6 Å². The molecule has 0 spiro atoms. The number of hydrogen-bond acceptors (Lipinski definition) is 2. The Morgan fingerprint density at radius 2 is 2.00 bits per heavy atom. The first-order valence-electron chi connectivity index (χ1n) is 6.46. The smallest absolute Gasteiger partial charge is 0.109 e. The second-order valence-electron chi connectivity index (χ2n) is 6.37. The van der Waals surface area contributed by atoms with Crippen LogP contribution < -0.4 is 0 Å². The van der Waals surface area contributed by atoms with Gasteiger partial charge in [0.1, 0.15) is 5.60 Å². The molecule has 3 atom stereocenters. The van der Waals surface area contributed by atoms with Gasteiger partial charge in [0.25, 0.3) is 0 Å². The van der Waals surface area contributed by atoms with E-state index in [1.54, 1.807) is 0 Å². The van der Waals surface area contributed by atoms with Crippen molar-refractivity contribution in [1.29, 1.82) is 0 Å². The van der Waals surface area contributed by atoms with Gasteiger partial charge in [0.05, 0.1) is 14.2 Å². The molecule has 2 aliphatic carbocycles. The average Bonchev–Trinajstić information content (AvgIpc) is 2.69. The van der Waals surface area contributed by atoms with Crippen LogP contribution in [0.4, 0.5) is 0 Å². The quantitative estimate of drug-likeness (QED) is 0.728. The molecule has 92 valence electrons. The number of hydrogen-bond donors (Lipinski definition) is 2. The number of aliphatic hydroxyl groups excluding tert-OH is 1. The van der Waals surface area contributed by atoms with E-state index in [1.807, 2.05) is 6.92 Å². The maximum Gasteiger partial charge on any atom is 0.109 e. The third kappa shape index (κ3) is 1.52. The topological polar surface area (TPSA) is 40.5 Å². The Balaban J connectivity index is 2.53. The summed E-state index contributed by atoms with van der Waals surface area (Å²) in [5.41, 5.74) is 0.501. The first-order chi connectivity index (χ1) is 7.32. The summed E-state index contributed by atoms with van der Waals surface area (Å²) < 4.78 is 0. The molecular weight excluding hydrogens is 216 g/mol. The van der Waals surface area contributed by atoms with E-state index in [0.717, 1.165) is 12.8 Å². The fourth-order valence-corrected chi connectivity index (χ4v) is 6.70. The molecule has 2 rings (SSSR count). The third-order valence-corrected chi connectivity index (χ3v) is 6.58. The van der Waals surface area contributed by atoms with Gasteiger partial charge in [-0.25, -0.2) is 0 Å². The molecule has 0 aromatic heterocycles. The first-order valence-corrected chi connectivity index (χ1v) is 9.96. The summed E-state index contributed by atoms with van der Waals surface area (Å²) in [5.74, 6) is 0.256. The Labute approximate surface area is 99.4 Å². The van der Waals surface area contributed by atoms with Crippen LogP contribution in [0.15, 0.2) is 10.8 Å². The van der Waals surface area contributed by atoms with Crippen LogP contribution in [0.25, 0.3) is 0 Å². The highest BCUT2D eigenvalue weighted by atomic mass is 28.3. The molecule has 0 amide bonds. The molecule has 0 aromatic carbocycles. The lowest BCUT2D eigenvalue weighted by molar-refractivity contribution is -0.0530. The van der Waals surface area contributed by atoms with Crippen molar-refractivity contribution in [2.45, 2.75) is 64.0 Å². The lowest BCUT2D eigenvalue weighted by Gasteiger charge is -2.36. The lowest BCUT2D eigenvalue weighted by atomic mass is 9.91. The zero-order valence-electron chi connectivity index (χ0n) is 10.9. The summed E-state index contributed by atoms with van der Waals surface area (Å²) in [6, 6.07) is 0. The Kier molecular flexibility index (Phi) is 2.84. The van der Waals surface area contributed by atoms with Gasteiger partial charge >= 0.3 is 0 Å². The normalized spacial score (nSPS) is 39.4. The molecule has 3 heteroatoms. The summed E-state index contributed by atoms with van der Waals surface area (Å²) in [6.45, 7) is 8.83. The molecule has 16 heavy (non-hydrogen) atoms. The van der Waals surface area contributed by atoms with Gasteiger partial charge in [-0.15, -0.1) is 0 Å². The SMILES string of the molecule is CC[C@@]1(O)C([Si](C)(C)C)=C2CCC[C@@H]2[C@@H]1O. The van der Waals surface area contributed by atoms with Crippen molar-refractivity contribution in [3.05, 3.63) is 10.8 Å². The van der Waals surface area contributed by atoms with Crippen molar-refractivity contribution >= 4 is 8.07 Å². The van der Waals surface area contributed by atoms with Crippen molar-refractivity contribution in [2.24, 2.45) is 5.92 Å². The van der Waals surface area contributed by atoms with Crippen LogP contribution in [0.5, 0.6) is 0 Å². The Hall–Kier alpha value is -0.123. The van der Waals surface area contributed by atoms with Crippen LogP contribution in [-0.4, -0.2) is 30.0 Å². The molecular formula is C13H24O2Si. The van der Waals surface area contributed by atoms with Gasteiger partial charge < -0.3 is 10.2 Å². The molecule has 0 bridgehead atoms. The highest BCUT2D eigenvalue weighted by molar-refractivity contribution is 6.83. The van der Waals surface area contributed by atoms with Gasteiger partial charge in [0.15, 0.2) is 0 Å². The largest absolute Gasteiger partial charge is 0.389 e. The minimum atomic E-state index is -1.54. The molecule has 1 fully saturated rings. The van der Waals surface area contributed by atoms with Gasteiger partial charge in [-0.05, 0) is 30.9 Å². The minimum Gasteiger partial charge on any atom is -0.389 e. The summed E-state index contributed by atoms with van der Waals surface area (Å²) in [7, 11) is -1.54. The molecule has 2 nitrogen and oxygen atoms in total. The molecule has 2 N–H and O–H groups in total. The monoisotopic (exact) mass is 240 g/mol. The van der Waals surface area contributed by atoms with Crippen LogP contribution >= 0.6 is 0 Å². The maximum absolute atomic E-state index is 10.8. The third-order valence-electron chi connectivity index (χ3n) is 4.32. The van der Waals surface area contributed by atoms with Crippen molar-refractivity contribution in [1.82, 2.24) is 0 Å². The van der Waals surface area contributed by atoms with E-state index in [1.165, 1.54) is 17.2 Å². The van der Waals surface area contributed by atoms with Gasteiger partial charge in [-0.2, -0.15) is 0 Å². The molecule has 0 saturated heterocycles. The van der Waals surface area contributed by atoms with Crippen molar-refractivity contribution in [3.8, 4) is 0 Å².